The maximum absolute atomic E-state index is 13.9. The molecule has 0 fully saturated rings. The minimum atomic E-state index is -0.387. The Morgan fingerprint density at radius 1 is 1.27 bits per heavy atom. The SMILES string of the molecule is Cc1cc(N=S)cc2ncnc(Nc3ccc(F)cc3OC(C)Cn3cccn3)c12. The molecule has 9 heteroatoms. The monoisotopic (exact) mass is 422 g/mol. The van der Waals surface area contributed by atoms with E-state index >= 15 is 0 Å². The molecule has 2 aromatic carbocycles. The van der Waals surface area contributed by atoms with Gasteiger partial charge in [-0.25, -0.2) is 14.4 Å². The zero-order valence-electron chi connectivity index (χ0n) is 16.4. The number of nitrogens with one attached hydrogen (secondary N) is 1. The molecule has 0 aliphatic rings. The molecule has 0 saturated carbocycles. The van der Waals surface area contributed by atoms with Gasteiger partial charge in [0, 0.05) is 36.3 Å². The van der Waals surface area contributed by atoms with Crippen LogP contribution in [0.4, 0.5) is 21.6 Å². The van der Waals surface area contributed by atoms with Crippen molar-refractivity contribution in [2.45, 2.75) is 26.5 Å². The maximum atomic E-state index is 13.9. The zero-order chi connectivity index (χ0) is 21.1. The predicted molar refractivity (Wildman–Crippen MR) is 116 cm³/mol. The second-order valence-electron chi connectivity index (χ2n) is 6.89. The van der Waals surface area contributed by atoms with E-state index in [2.05, 4.69) is 24.7 Å². The summed E-state index contributed by atoms with van der Waals surface area (Å²) >= 11 is 4.80. The second-order valence-corrected chi connectivity index (χ2v) is 7.07. The fourth-order valence-electron chi connectivity index (χ4n) is 3.27. The summed E-state index contributed by atoms with van der Waals surface area (Å²) in [6.07, 6.45) is 4.79. The second kappa shape index (κ2) is 8.50. The van der Waals surface area contributed by atoms with Gasteiger partial charge in [0.25, 0.3) is 0 Å². The van der Waals surface area contributed by atoms with Gasteiger partial charge in [-0.2, -0.15) is 9.46 Å². The number of fused-ring (bicyclic) bond motifs is 1. The van der Waals surface area contributed by atoms with E-state index in [0.717, 1.165) is 10.9 Å². The average molecular weight is 422 g/mol. The molecule has 4 aromatic rings. The number of aryl methyl sites for hydroxylation is 1. The highest BCUT2D eigenvalue weighted by Gasteiger charge is 2.14. The Balaban J connectivity index is 1.66. The summed E-state index contributed by atoms with van der Waals surface area (Å²) in [6.45, 7) is 4.38. The van der Waals surface area contributed by atoms with Crippen LogP contribution in [-0.2, 0) is 19.0 Å². The van der Waals surface area contributed by atoms with Crippen molar-refractivity contribution in [1.82, 2.24) is 19.7 Å². The van der Waals surface area contributed by atoms with Gasteiger partial charge in [0.1, 0.15) is 29.8 Å². The predicted octanol–water partition coefficient (Wildman–Crippen LogP) is 4.85. The van der Waals surface area contributed by atoms with Crippen molar-refractivity contribution < 1.29 is 9.13 Å². The molecule has 0 spiro atoms. The maximum Gasteiger partial charge on any atom is 0.146 e. The number of hydrogen-bond acceptors (Lipinski definition) is 7. The van der Waals surface area contributed by atoms with E-state index in [0.29, 0.717) is 35.0 Å². The highest BCUT2D eigenvalue weighted by atomic mass is 32.1. The topological polar surface area (TPSA) is 77.2 Å². The number of anilines is 2. The van der Waals surface area contributed by atoms with Gasteiger partial charge >= 0.3 is 0 Å². The van der Waals surface area contributed by atoms with Crippen molar-refractivity contribution in [2.24, 2.45) is 4.36 Å². The van der Waals surface area contributed by atoms with Gasteiger partial charge < -0.3 is 10.1 Å². The Hall–Kier alpha value is -3.46. The Morgan fingerprint density at radius 3 is 2.90 bits per heavy atom. The van der Waals surface area contributed by atoms with Gasteiger partial charge in [-0.1, -0.05) is 0 Å². The molecule has 0 aliphatic carbocycles. The van der Waals surface area contributed by atoms with Crippen molar-refractivity contribution in [2.75, 3.05) is 5.32 Å². The number of halogens is 1. The molecule has 4 rings (SSSR count). The van der Waals surface area contributed by atoms with Gasteiger partial charge in [0.2, 0.25) is 0 Å². The molecular formula is C21H19FN6OS. The Morgan fingerprint density at radius 2 is 2.13 bits per heavy atom. The van der Waals surface area contributed by atoms with Crippen molar-refractivity contribution in [3.05, 3.63) is 66.5 Å². The molecule has 152 valence electrons. The molecule has 2 aromatic heterocycles. The normalized spacial score (nSPS) is 12.0. The standard InChI is InChI=1S/C21H19FN6OS/c1-13-8-16(27-30)10-18-20(13)21(24-12-23-18)26-17-5-4-15(22)9-19(17)29-14(2)11-28-7-3-6-25-28/h3-10,12,14H,11H2,1-2H3,(H,23,24,26). The number of aromatic nitrogens is 4. The van der Waals surface area contributed by atoms with Gasteiger partial charge in [-0.3, -0.25) is 4.68 Å². The molecule has 1 N–H and O–H groups in total. The van der Waals surface area contributed by atoms with Gasteiger partial charge in [-0.05, 0) is 49.7 Å². The third-order valence-electron chi connectivity index (χ3n) is 4.55. The minimum Gasteiger partial charge on any atom is -0.486 e. The van der Waals surface area contributed by atoms with Crippen LogP contribution < -0.4 is 10.1 Å². The molecule has 0 saturated heterocycles. The largest absolute Gasteiger partial charge is 0.486 e. The van der Waals surface area contributed by atoms with Gasteiger partial charge in [0.15, 0.2) is 0 Å². The lowest BCUT2D eigenvalue weighted by molar-refractivity contribution is 0.194. The molecule has 0 aliphatic heterocycles. The fourth-order valence-corrected chi connectivity index (χ4v) is 3.38. The first kappa shape index (κ1) is 19.8. The van der Waals surface area contributed by atoms with Crippen LogP contribution in [0, 0.1) is 12.7 Å². The molecule has 2 heterocycles. The number of hydrogen-bond donors (Lipinski definition) is 1. The number of rotatable bonds is 7. The van der Waals surface area contributed by atoms with E-state index < -0.39 is 0 Å². The molecule has 0 amide bonds. The molecular weight excluding hydrogens is 403 g/mol. The lowest BCUT2D eigenvalue weighted by Crippen LogP contribution is -2.20. The first-order valence-electron chi connectivity index (χ1n) is 9.33. The first-order chi connectivity index (χ1) is 14.5. The summed E-state index contributed by atoms with van der Waals surface area (Å²) in [5.74, 6) is 0.586. The summed E-state index contributed by atoms with van der Waals surface area (Å²) in [4.78, 5) is 8.70. The van der Waals surface area contributed by atoms with Crippen LogP contribution in [0.5, 0.6) is 5.75 Å². The highest BCUT2D eigenvalue weighted by Crippen LogP contribution is 2.33. The first-order valence-corrected chi connectivity index (χ1v) is 9.69. The fraction of sp³-hybridized carbons (Fsp3) is 0.190. The Kier molecular flexibility index (Phi) is 5.62. The van der Waals surface area contributed by atoms with E-state index in [1.807, 2.05) is 32.2 Å². The van der Waals surface area contributed by atoms with E-state index in [4.69, 9.17) is 17.2 Å². The van der Waals surface area contributed by atoms with Crippen molar-refractivity contribution >= 4 is 40.5 Å². The minimum absolute atomic E-state index is 0.229. The summed E-state index contributed by atoms with van der Waals surface area (Å²) in [5, 5.41) is 8.27. The van der Waals surface area contributed by atoms with E-state index in [9.17, 15) is 4.39 Å². The van der Waals surface area contributed by atoms with Crippen LogP contribution in [-0.4, -0.2) is 25.9 Å². The number of ether oxygens (including phenoxy) is 1. The lowest BCUT2D eigenvalue weighted by Gasteiger charge is -2.19. The summed E-state index contributed by atoms with van der Waals surface area (Å²) in [7, 11) is 0. The van der Waals surface area contributed by atoms with Crippen molar-refractivity contribution in [3.8, 4) is 5.75 Å². The summed E-state index contributed by atoms with van der Waals surface area (Å²) in [6, 6.07) is 9.87. The van der Waals surface area contributed by atoms with Crippen LogP contribution in [0.15, 0.2) is 59.5 Å². The van der Waals surface area contributed by atoms with Crippen LogP contribution >= 0.6 is 0 Å². The molecule has 30 heavy (non-hydrogen) atoms. The Bertz CT molecular complexity index is 1200. The lowest BCUT2D eigenvalue weighted by atomic mass is 10.1. The van der Waals surface area contributed by atoms with Crippen LogP contribution in [0.2, 0.25) is 0 Å². The van der Waals surface area contributed by atoms with Crippen LogP contribution in [0.25, 0.3) is 10.9 Å². The van der Waals surface area contributed by atoms with E-state index in [1.54, 1.807) is 23.0 Å². The Labute approximate surface area is 178 Å². The quantitative estimate of drug-likeness (QED) is 0.459. The average Bonchev–Trinajstić information content (AvgIpc) is 3.22. The third kappa shape index (κ3) is 4.25. The molecule has 0 radical (unpaired) electrons. The molecule has 1 unspecified atom stereocenters. The highest BCUT2D eigenvalue weighted by molar-refractivity contribution is 7.47. The van der Waals surface area contributed by atoms with Crippen molar-refractivity contribution in [3.63, 3.8) is 0 Å². The smallest absolute Gasteiger partial charge is 0.146 e. The zero-order valence-corrected chi connectivity index (χ0v) is 17.2. The van der Waals surface area contributed by atoms with Gasteiger partial charge in [0.05, 0.1) is 23.4 Å². The van der Waals surface area contributed by atoms with Crippen LogP contribution in [0.3, 0.4) is 0 Å². The summed E-state index contributed by atoms with van der Waals surface area (Å²) < 4.78 is 25.5. The molecule has 0 bridgehead atoms. The number of nitrogens with zero attached hydrogens (tertiary/aromatic N) is 5. The molecule has 7 nitrogen and oxygen atoms in total. The molecule has 1 atom stereocenters. The number of benzene rings is 2. The summed E-state index contributed by atoms with van der Waals surface area (Å²) in [5.41, 5.74) is 2.90. The van der Waals surface area contributed by atoms with Crippen molar-refractivity contribution in [1.29, 1.82) is 0 Å². The van der Waals surface area contributed by atoms with Gasteiger partial charge in [-0.15, -0.1) is 0 Å². The third-order valence-corrected chi connectivity index (χ3v) is 4.76. The van der Waals surface area contributed by atoms with E-state index in [1.165, 1.54) is 18.5 Å². The van der Waals surface area contributed by atoms with E-state index in [-0.39, 0.29) is 11.9 Å². The van der Waals surface area contributed by atoms with Crippen LogP contribution in [0.1, 0.15) is 12.5 Å².